The molecule has 0 aliphatic heterocycles. The van der Waals surface area contributed by atoms with Gasteiger partial charge in [-0.1, -0.05) is 17.4 Å². The Hall–Kier alpha value is -2.59. The fourth-order valence-electron chi connectivity index (χ4n) is 2.11. The third-order valence-electron chi connectivity index (χ3n) is 3.39. The van der Waals surface area contributed by atoms with Crippen molar-refractivity contribution >= 4 is 48.4 Å². The standard InChI is InChI=1S/C16H16N2O6S2/c1-4-7-18-12-6-5-11(15(21)24-3)8-13(12)25-16(18)17-14(20)9-26(22,23)10(2)19/h4-6,8H,1,7,9H2,2-3H3. The van der Waals surface area contributed by atoms with Gasteiger partial charge in [0.15, 0.2) is 4.80 Å². The number of hydrogen-bond acceptors (Lipinski definition) is 7. The second-order valence-corrected chi connectivity index (χ2v) is 8.32. The second kappa shape index (κ2) is 7.75. The van der Waals surface area contributed by atoms with Crippen LogP contribution in [0.3, 0.4) is 0 Å². The number of sulfone groups is 1. The highest BCUT2D eigenvalue weighted by molar-refractivity contribution is 8.06. The summed E-state index contributed by atoms with van der Waals surface area (Å²) in [5, 5.41) is -1.08. The minimum Gasteiger partial charge on any atom is -0.465 e. The maximum absolute atomic E-state index is 12.0. The van der Waals surface area contributed by atoms with E-state index in [9.17, 15) is 22.8 Å². The summed E-state index contributed by atoms with van der Waals surface area (Å²) < 4.78 is 30.1. The molecule has 0 spiro atoms. The number of esters is 1. The molecule has 0 unspecified atom stereocenters. The van der Waals surface area contributed by atoms with E-state index < -0.39 is 32.6 Å². The molecule has 0 bridgehead atoms. The molecule has 0 N–H and O–H groups in total. The lowest BCUT2D eigenvalue weighted by molar-refractivity contribution is -0.116. The largest absolute Gasteiger partial charge is 0.465 e. The molecule has 0 saturated carbocycles. The van der Waals surface area contributed by atoms with Gasteiger partial charge in [0.05, 0.1) is 22.9 Å². The molecule has 0 radical (unpaired) electrons. The summed E-state index contributed by atoms with van der Waals surface area (Å²) in [7, 11) is -2.89. The number of amides is 1. The van der Waals surface area contributed by atoms with Gasteiger partial charge in [0.25, 0.3) is 5.91 Å². The molecule has 0 atom stereocenters. The number of allylic oxidation sites excluding steroid dienone is 1. The van der Waals surface area contributed by atoms with Gasteiger partial charge in [0.1, 0.15) is 5.75 Å². The molecular weight excluding hydrogens is 380 g/mol. The Labute approximate surface area is 153 Å². The smallest absolute Gasteiger partial charge is 0.337 e. The molecule has 0 fully saturated rings. The number of nitrogens with zero attached hydrogens (tertiary/aromatic N) is 2. The van der Waals surface area contributed by atoms with Gasteiger partial charge in [-0.3, -0.25) is 9.59 Å². The van der Waals surface area contributed by atoms with Gasteiger partial charge in [0.2, 0.25) is 15.0 Å². The first kappa shape index (κ1) is 19.7. The molecule has 0 aliphatic rings. The first-order chi connectivity index (χ1) is 12.2. The number of methoxy groups -OCH3 is 1. The van der Waals surface area contributed by atoms with Crippen LogP contribution in [0.5, 0.6) is 0 Å². The van der Waals surface area contributed by atoms with Gasteiger partial charge in [-0.2, -0.15) is 4.99 Å². The Morgan fingerprint density at radius 1 is 1.35 bits per heavy atom. The highest BCUT2D eigenvalue weighted by Gasteiger charge is 2.21. The fraction of sp³-hybridized carbons (Fsp3) is 0.250. The monoisotopic (exact) mass is 396 g/mol. The topological polar surface area (TPSA) is 112 Å². The summed E-state index contributed by atoms with van der Waals surface area (Å²) in [6, 6.07) is 4.85. The van der Waals surface area contributed by atoms with Gasteiger partial charge < -0.3 is 9.30 Å². The molecule has 1 aromatic carbocycles. The van der Waals surface area contributed by atoms with Crippen LogP contribution in [-0.2, 0) is 30.7 Å². The van der Waals surface area contributed by atoms with Gasteiger partial charge in [-0.05, 0) is 18.2 Å². The van der Waals surface area contributed by atoms with Gasteiger partial charge >= 0.3 is 5.97 Å². The van der Waals surface area contributed by atoms with Gasteiger partial charge in [-0.15, -0.1) is 6.58 Å². The minimum atomic E-state index is -4.16. The summed E-state index contributed by atoms with van der Waals surface area (Å²) in [5.41, 5.74) is 1.03. The van der Waals surface area contributed by atoms with Gasteiger partial charge in [0, 0.05) is 13.5 Å². The number of aromatic nitrogens is 1. The zero-order chi connectivity index (χ0) is 19.5. The van der Waals surface area contributed by atoms with Crippen LogP contribution in [-0.4, -0.2) is 42.8 Å². The van der Waals surface area contributed by atoms with E-state index in [0.29, 0.717) is 22.3 Å². The summed E-state index contributed by atoms with van der Waals surface area (Å²) in [5.74, 6) is -2.44. The van der Waals surface area contributed by atoms with Crippen LogP contribution in [0.15, 0.2) is 35.8 Å². The van der Waals surface area contributed by atoms with Crippen LogP contribution in [0.25, 0.3) is 10.2 Å². The Kier molecular flexibility index (Phi) is 5.88. The average Bonchev–Trinajstić information content (AvgIpc) is 2.90. The molecule has 8 nitrogen and oxygen atoms in total. The molecule has 138 valence electrons. The van der Waals surface area contributed by atoms with E-state index in [-0.39, 0.29) is 4.80 Å². The Morgan fingerprint density at radius 3 is 2.62 bits per heavy atom. The van der Waals surface area contributed by atoms with Crippen LogP contribution in [0.2, 0.25) is 0 Å². The van der Waals surface area contributed by atoms with E-state index in [0.717, 1.165) is 18.3 Å². The Morgan fingerprint density at radius 2 is 2.04 bits per heavy atom. The van der Waals surface area contributed by atoms with Crippen molar-refractivity contribution in [1.29, 1.82) is 0 Å². The molecule has 2 rings (SSSR count). The van der Waals surface area contributed by atoms with Crippen molar-refractivity contribution in [3.63, 3.8) is 0 Å². The van der Waals surface area contributed by atoms with Crippen LogP contribution >= 0.6 is 11.3 Å². The molecule has 2 aromatic rings. The van der Waals surface area contributed by atoms with Crippen molar-refractivity contribution in [3.05, 3.63) is 41.2 Å². The normalized spacial score (nSPS) is 12.2. The minimum absolute atomic E-state index is 0.241. The summed E-state index contributed by atoms with van der Waals surface area (Å²) in [6.45, 7) is 4.85. The zero-order valence-electron chi connectivity index (χ0n) is 14.1. The van der Waals surface area contributed by atoms with E-state index in [1.54, 1.807) is 28.8 Å². The molecule has 0 aliphatic carbocycles. The van der Waals surface area contributed by atoms with Crippen molar-refractivity contribution in [2.75, 3.05) is 12.9 Å². The van der Waals surface area contributed by atoms with Crippen LogP contribution in [0.4, 0.5) is 0 Å². The number of ether oxygens (including phenoxy) is 1. The Bertz CT molecular complexity index is 1080. The molecule has 0 saturated heterocycles. The molecule has 26 heavy (non-hydrogen) atoms. The van der Waals surface area contributed by atoms with Crippen LogP contribution in [0.1, 0.15) is 17.3 Å². The lowest BCUT2D eigenvalue weighted by Crippen LogP contribution is -2.23. The first-order valence-electron chi connectivity index (χ1n) is 7.33. The number of thiazole rings is 1. The van der Waals surface area contributed by atoms with Crippen LogP contribution in [0, 0.1) is 0 Å². The number of carbonyl (C=O) groups excluding carboxylic acids is 3. The predicted octanol–water partition coefficient (Wildman–Crippen LogP) is 1.06. The molecule has 1 aromatic heterocycles. The third kappa shape index (κ3) is 4.14. The summed E-state index contributed by atoms with van der Waals surface area (Å²) >= 11 is 1.11. The lowest BCUT2D eigenvalue weighted by Gasteiger charge is -2.02. The second-order valence-electron chi connectivity index (χ2n) is 5.21. The van der Waals surface area contributed by atoms with Crippen LogP contribution < -0.4 is 4.80 Å². The highest BCUT2D eigenvalue weighted by atomic mass is 32.2. The van der Waals surface area contributed by atoms with E-state index in [1.807, 2.05) is 0 Å². The zero-order valence-corrected chi connectivity index (χ0v) is 15.7. The lowest BCUT2D eigenvalue weighted by atomic mass is 10.2. The van der Waals surface area contributed by atoms with Crippen molar-refractivity contribution in [3.8, 4) is 0 Å². The SMILES string of the molecule is C=CCn1c(=NC(=O)CS(=O)(=O)C(C)=O)sc2cc(C(=O)OC)ccc21. The molecule has 10 heteroatoms. The number of carbonyl (C=O) groups is 3. The number of benzene rings is 1. The predicted molar refractivity (Wildman–Crippen MR) is 96.4 cm³/mol. The summed E-state index contributed by atoms with van der Waals surface area (Å²) in [4.78, 5) is 38.8. The van der Waals surface area contributed by atoms with Crippen molar-refractivity contribution in [1.82, 2.24) is 4.57 Å². The number of fused-ring (bicyclic) bond motifs is 1. The summed E-state index contributed by atoms with van der Waals surface area (Å²) in [6.07, 6.45) is 1.59. The van der Waals surface area contributed by atoms with Crippen molar-refractivity contribution in [2.45, 2.75) is 13.5 Å². The third-order valence-corrected chi connectivity index (χ3v) is 5.93. The Balaban J connectivity index is 2.56. The average molecular weight is 396 g/mol. The van der Waals surface area contributed by atoms with Crippen molar-refractivity contribution < 1.29 is 27.5 Å². The van der Waals surface area contributed by atoms with E-state index in [2.05, 4.69) is 16.3 Å². The fourth-order valence-corrected chi connectivity index (χ4v) is 3.80. The number of rotatable bonds is 5. The highest BCUT2D eigenvalue weighted by Crippen LogP contribution is 2.20. The maximum Gasteiger partial charge on any atom is 0.337 e. The molecule has 1 amide bonds. The first-order valence-corrected chi connectivity index (χ1v) is 9.80. The molecule has 1 heterocycles. The maximum atomic E-state index is 12.0. The number of hydrogen-bond donors (Lipinski definition) is 0. The quantitative estimate of drug-likeness (QED) is 0.552. The van der Waals surface area contributed by atoms with E-state index in [1.165, 1.54) is 7.11 Å². The van der Waals surface area contributed by atoms with Crippen molar-refractivity contribution in [2.24, 2.45) is 4.99 Å². The molecular formula is C16H16N2O6S2. The van der Waals surface area contributed by atoms with E-state index >= 15 is 0 Å². The van der Waals surface area contributed by atoms with Gasteiger partial charge in [-0.25, -0.2) is 13.2 Å². The van der Waals surface area contributed by atoms with E-state index in [4.69, 9.17) is 0 Å².